The number of ether oxygens (including phenoxy) is 4. The van der Waals surface area contributed by atoms with Crippen LogP contribution < -0.4 is 30.3 Å². The third kappa shape index (κ3) is 7.64. The minimum absolute atomic E-state index is 0.224. The molecule has 10 nitrogen and oxygen atoms in total. The topological polar surface area (TPSA) is 120 Å². The summed E-state index contributed by atoms with van der Waals surface area (Å²) in [7, 11) is 1.56. The Kier molecular flexibility index (Phi) is 10.5. The first-order valence-corrected chi connectivity index (χ1v) is 13.6. The number of nitrogens with one attached hydrogen (secondary N) is 3. The quantitative estimate of drug-likeness (QED) is 0.124. The highest BCUT2D eigenvalue weighted by atomic mass is 32.1. The number of thiocarbonyl (C=S) groups is 1. The highest BCUT2D eigenvalue weighted by Gasteiger charge is 2.32. The molecule has 1 amide bonds. The Morgan fingerprint density at radius 2 is 1.74 bits per heavy atom. The fourth-order valence-corrected chi connectivity index (χ4v) is 4.56. The van der Waals surface area contributed by atoms with E-state index in [4.69, 9.17) is 31.2 Å². The molecule has 1 heterocycles. The molecule has 0 unspecified atom stereocenters. The van der Waals surface area contributed by atoms with Gasteiger partial charge in [-0.05, 0) is 49.8 Å². The standard InChI is InChI=1S/C31H32N4O6S/c1-4-39-30(37)27-20(2)33-31(42)34-28(27)23-14-8-9-15-24(23)40-19-26(36)35-32-17-22-13-10-16-25(38-3)29(22)41-18-21-11-6-5-7-12-21/h5-17,28H,4,18-19H2,1-3H3,(H,35,36)(H2,33,34,42)/t28-/m0/s1. The lowest BCUT2D eigenvalue weighted by atomic mass is 9.95. The molecule has 1 aliphatic rings. The van der Waals surface area contributed by atoms with Gasteiger partial charge in [0.05, 0.1) is 31.5 Å². The summed E-state index contributed by atoms with van der Waals surface area (Å²) in [6.45, 7) is 3.73. The van der Waals surface area contributed by atoms with Crippen molar-refractivity contribution in [2.24, 2.45) is 5.10 Å². The first-order valence-electron chi connectivity index (χ1n) is 13.2. The van der Waals surface area contributed by atoms with Crippen molar-refractivity contribution in [3.63, 3.8) is 0 Å². The smallest absolute Gasteiger partial charge is 0.338 e. The lowest BCUT2D eigenvalue weighted by molar-refractivity contribution is -0.139. The van der Waals surface area contributed by atoms with Crippen LogP contribution >= 0.6 is 12.2 Å². The van der Waals surface area contributed by atoms with Crippen LogP contribution in [0.3, 0.4) is 0 Å². The summed E-state index contributed by atoms with van der Waals surface area (Å²) >= 11 is 5.32. The van der Waals surface area contributed by atoms with Gasteiger partial charge in [0.25, 0.3) is 5.91 Å². The minimum atomic E-state index is -0.627. The van der Waals surface area contributed by atoms with Crippen molar-refractivity contribution in [3.05, 3.63) is 101 Å². The van der Waals surface area contributed by atoms with Crippen molar-refractivity contribution in [1.29, 1.82) is 0 Å². The van der Waals surface area contributed by atoms with E-state index in [9.17, 15) is 9.59 Å². The number of carbonyl (C=O) groups excluding carboxylic acids is 2. The molecule has 42 heavy (non-hydrogen) atoms. The number of nitrogens with zero attached hydrogens (tertiary/aromatic N) is 1. The maximum Gasteiger partial charge on any atom is 0.338 e. The van der Waals surface area contributed by atoms with Gasteiger partial charge in [0.15, 0.2) is 23.2 Å². The zero-order valence-electron chi connectivity index (χ0n) is 23.5. The summed E-state index contributed by atoms with van der Waals surface area (Å²) < 4.78 is 22.6. The molecule has 0 bridgehead atoms. The fraction of sp³-hybridized carbons (Fsp3) is 0.226. The average molecular weight is 589 g/mol. The molecule has 3 aromatic carbocycles. The van der Waals surface area contributed by atoms with Crippen LogP contribution in [0, 0.1) is 0 Å². The molecule has 0 fully saturated rings. The van der Waals surface area contributed by atoms with E-state index >= 15 is 0 Å². The summed E-state index contributed by atoms with van der Waals surface area (Å²) in [5.74, 6) is 0.479. The van der Waals surface area contributed by atoms with Crippen LogP contribution in [-0.2, 0) is 20.9 Å². The second kappa shape index (κ2) is 14.6. The molecule has 3 aromatic rings. The van der Waals surface area contributed by atoms with Crippen molar-refractivity contribution >= 4 is 35.4 Å². The van der Waals surface area contributed by atoms with E-state index in [1.165, 1.54) is 6.21 Å². The molecule has 1 aliphatic heterocycles. The Morgan fingerprint density at radius 1 is 1.00 bits per heavy atom. The molecule has 218 valence electrons. The molecule has 1 atom stereocenters. The lowest BCUT2D eigenvalue weighted by Crippen LogP contribution is -2.45. The number of para-hydroxylation sites is 2. The van der Waals surface area contributed by atoms with Crippen LogP contribution in [0.15, 0.2) is 89.2 Å². The van der Waals surface area contributed by atoms with Crippen LogP contribution in [0.1, 0.15) is 36.6 Å². The van der Waals surface area contributed by atoms with Crippen LogP contribution in [0.2, 0.25) is 0 Å². The Labute approximate surface area is 249 Å². The summed E-state index contributed by atoms with van der Waals surface area (Å²) in [6.07, 6.45) is 1.48. The monoisotopic (exact) mass is 588 g/mol. The largest absolute Gasteiger partial charge is 0.493 e. The van der Waals surface area contributed by atoms with Gasteiger partial charge in [-0.3, -0.25) is 4.79 Å². The number of amides is 1. The van der Waals surface area contributed by atoms with E-state index in [1.807, 2.05) is 36.4 Å². The fourth-order valence-electron chi connectivity index (χ4n) is 4.29. The molecule has 0 saturated heterocycles. The van der Waals surface area contributed by atoms with Crippen molar-refractivity contribution in [2.45, 2.75) is 26.5 Å². The van der Waals surface area contributed by atoms with E-state index < -0.39 is 17.9 Å². The van der Waals surface area contributed by atoms with Crippen LogP contribution in [0.25, 0.3) is 0 Å². The second-order valence-corrected chi connectivity index (χ2v) is 9.47. The zero-order chi connectivity index (χ0) is 29.9. The Balaban J connectivity index is 1.43. The van der Waals surface area contributed by atoms with Gasteiger partial charge in [-0.15, -0.1) is 0 Å². The highest BCUT2D eigenvalue weighted by Crippen LogP contribution is 2.34. The number of hydrogen-bond donors (Lipinski definition) is 3. The molecule has 0 aliphatic carbocycles. The van der Waals surface area contributed by atoms with E-state index in [0.29, 0.717) is 51.4 Å². The number of rotatable bonds is 12. The molecule has 0 saturated carbocycles. The number of esters is 1. The first-order chi connectivity index (χ1) is 20.4. The van der Waals surface area contributed by atoms with Crippen LogP contribution in [0.4, 0.5) is 0 Å². The van der Waals surface area contributed by atoms with E-state index in [2.05, 4.69) is 21.2 Å². The van der Waals surface area contributed by atoms with Crippen LogP contribution in [0.5, 0.6) is 17.2 Å². The molecule has 0 radical (unpaired) electrons. The number of allylic oxidation sites excluding steroid dienone is 1. The Morgan fingerprint density at radius 3 is 2.50 bits per heavy atom. The van der Waals surface area contributed by atoms with Gasteiger partial charge >= 0.3 is 5.97 Å². The Hall–Kier alpha value is -4.90. The lowest BCUT2D eigenvalue weighted by Gasteiger charge is -2.30. The third-order valence-electron chi connectivity index (χ3n) is 6.20. The second-order valence-electron chi connectivity index (χ2n) is 9.06. The number of hydrazone groups is 1. The van der Waals surface area contributed by atoms with E-state index in [1.54, 1.807) is 57.4 Å². The van der Waals surface area contributed by atoms with Gasteiger partial charge in [-0.1, -0.05) is 54.6 Å². The molecule has 4 rings (SSSR count). The minimum Gasteiger partial charge on any atom is -0.493 e. The summed E-state index contributed by atoms with van der Waals surface area (Å²) in [4.78, 5) is 25.4. The van der Waals surface area contributed by atoms with E-state index in [-0.39, 0.29) is 13.2 Å². The zero-order valence-corrected chi connectivity index (χ0v) is 24.3. The van der Waals surface area contributed by atoms with Gasteiger partial charge in [0.2, 0.25) is 0 Å². The number of hydrogen-bond acceptors (Lipinski definition) is 8. The van der Waals surface area contributed by atoms with Gasteiger partial charge in [0.1, 0.15) is 12.4 Å². The van der Waals surface area contributed by atoms with Crippen molar-refractivity contribution in [1.82, 2.24) is 16.1 Å². The molecule has 11 heteroatoms. The molecule has 3 N–H and O–H groups in total. The van der Waals surface area contributed by atoms with Gasteiger partial charge < -0.3 is 29.6 Å². The number of carbonyl (C=O) groups is 2. The number of methoxy groups -OCH3 is 1. The molecular formula is C31H32N4O6S. The highest BCUT2D eigenvalue weighted by molar-refractivity contribution is 7.80. The van der Waals surface area contributed by atoms with Gasteiger partial charge in [-0.2, -0.15) is 5.10 Å². The average Bonchev–Trinajstić information content (AvgIpc) is 2.99. The normalized spacial score (nSPS) is 14.5. The summed E-state index contributed by atoms with van der Waals surface area (Å²) in [5, 5.41) is 10.5. The van der Waals surface area contributed by atoms with E-state index in [0.717, 1.165) is 5.56 Å². The van der Waals surface area contributed by atoms with Gasteiger partial charge in [-0.25, -0.2) is 10.2 Å². The molecule has 0 spiro atoms. The van der Waals surface area contributed by atoms with Crippen LogP contribution in [-0.4, -0.2) is 43.5 Å². The predicted molar refractivity (Wildman–Crippen MR) is 162 cm³/mol. The maximum absolute atomic E-state index is 12.7. The number of benzene rings is 3. The molecular weight excluding hydrogens is 556 g/mol. The maximum atomic E-state index is 12.7. The first kappa shape index (κ1) is 30.1. The summed E-state index contributed by atoms with van der Waals surface area (Å²) in [6, 6.07) is 21.6. The van der Waals surface area contributed by atoms with Gasteiger partial charge in [0, 0.05) is 16.8 Å². The Bertz CT molecular complexity index is 1490. The summed E-state index contributed by atoms with van der Waals surface area (Å²) in [5.41, 5.74) is 5.67. The predicted octanol–water partition coefficient (Wildman–Crippen LogP) is 4.16. The van der Waals surface area contributed by atoms with Crippen molar-refractivity contribution in [3.8, 4) is 17.2 Å². The van der Waals surface area contributed by atoms with Crippen molar-refractivity contribution < 1.29 is 28.5 Å². The third-order valence-corrected chi connectivity index (χ3v) is 6.42. The van der Waals surface area contributed by atoms with Crippen molar-refractivity contribution in [2.75, 3.05) is 20.3 Å². The SMILES string of the molecule is CCOC(=O)C1=C(C)NC(=S)N[C@H]1c1ccccc1OCC(=O)NN=Cc1cccc(OC)c1OCc1ccccc1. The molecule has 0 aromatic heterocycles.